The molecule has 7 nitrogen and oxygen atoms in total. The summed E-state index contributed by atoms with van der Waals surface area (Å²) >= 11 is 0. The Bertz CT molecular complexity index is 1260. The van der Waals surface area contributed by atoms with Gasteiger partial charge >= 0.3 is 5.97 Å². The van der Waals surface area contributed by atoms with Gasteiger partial charge in [-0.1, -0.05) is 29.8 Å². The summed E-state index contributed by atoms with van der Waals surface area (Å²) in [5, 5.41) is 9.51. The van der Waals surface area contributed by atoms with Crippen molar-refractivity contribution in [2.45, 2.75) is 18.2 Å². The van der Waals surface area contributed by atoms with Gasteiger partial charge in [0.05, 0.1) is 17.7 Å². The monoisotopic (exact) mass is 452 g/mol. The summed E-state index contributed by atoms with van der Waals surface area (Å²) < 4.78 is 33.2. The van der Waals surface area contributed by atoms with Crippen molar-refractivity contribution in [2.75, 3.05) is 29.4 Å². The molecule has 0 aliphatic carbocycles. The van der Waals surface area contributed by atoms with Gasteiger partial charge < -0.3 is 14.7 Å². The standard InChI is InChI=1S/C24H24N2O5S/c1-17-9-11-20(12-10-17)32(29,30)26(16-24(27)28)23-8-4-7-22-21(23)13-14-25(22)18-5-3-6-19(15-18)31-2/h3-12,15H,13-14,16H2,1-2H3,(H,27,28). The van der Waals surface area contributed by atoms with E-state index >= 15 is 0 Å². The van der Waals surface area contributed by atoms with Gasteiger partial charge in [-0.15, -0.1) is 0 Å². The molecule has 8 heteroatoms. The van der Waals surface area contributed by atoms with Crippen molar-refractivity contribution in [2.24, 2.45) is 0 Å². The zero-order chi connectivity index (χ0) is 22.9. The van der Waals surface area contributed by atoms with Crippen LogP contribution in [0.5, 0.6) is 5.75 Å². The SMILES string of the molecule is COc1cccc(N2CCc3c2cccc3N(CC(=O)O)S(=O)(=O)c2ccc(C)cc2)c1. The predicted octanol–water partition coefficient (Wildman–Crippen LogP) is 3.98. The highest BCUT2D eigenvalue weighted by Gasteiger charge is 2.32. The van der Waals surface area contributed by atoms with Crippen LogP contribution in [0.2, 0.25) is 0 Å². The van der Waals surface area contributed by atoms with E-state index in [1.54, 1.807) is 31.4 Å². The number of aryl methyl sites for hydroxylation is 1. The van der Waals surface area contributed by atoms with E-state index in [-0.39, 0.29) is 4.90 Å². The van der Waals surface area contributed by atoms with E-state index in [4.69, 9.17) is 4.74 Å². The summed E-state index contributed by atoms with van der Waals surface area (Å²) in [7, 11) is -2.46. The zero-order valence-electron chi connectivity index (χ0n) is 17.9. The fourth-order valence-electron chi connectivity index (χ4n) is 3.96. The molecular weight excluding hydrogens is 428 g/mol. The van der Waals surface area contributed by atoms with Crippen LogP contribution >= 0.6 is 0 Å². The Morgan fingerprint density at radius 2 is 1.81 bits per heavy atom. The number of rotatable bonds is 7. The van der Waals surface area contributed by atoms with E-state index < -0.39 is 22.5 Å². The molecule has 4 rings (SSSR count). The van der Waals surface area contributed by atoms with E-state index in [1.165, 1.54) is 12.1 Å². The van der Waals surface area contributed by atoms with Gasteiger partial charge in [-0.05, 0) is 49.7 Å². The molecule has 0 unspecified atom stereocenters. The Hall–Kier alpha value is -3.52. The van der Waals surface area contributed by atoms with Gasteiger partial charge in [0.1, 0.15) is 12.3 Å². The number of carboxylic acids is 1. The van der Waals surface area contributed by atoms with Gasteiger partial charge in [0.25, 0.3) is 10.0 Å². The normalized spacial score (nSPS) is 13.0. The second kappa shape index (κ2) is 8.55. The van der Waals surface area contributed by atoms with E-state index in [2.05, 4.69) is 4.90 Å². The van der Waals surface area contributed by atoms with Gasteiger partial charge in [0, 0.05) is 29.5 Å². The fourth-order valence-corrected chi connectivity index (χ4v) is 5.40. The number of carbonyl (C=O) groups is 1. The number of anilines is 3. The predicted molar refractivity (Wildman–Crippen MR) is 123 cm³/mol. The first-order valence-electron chi connectivity index (χ1n) is 10.2. The molecule has 1 aliphatic rings. The first kappa shape index (κ1) is 21.7. The highest BCUT2D eigenvalue weighted by Crippen LogP contribution is 2.41. The molecule has 1 aliphatic heterocycles. The molecule has 1 heterocycles. The second-order valence-electron chi connectivity index (χ2n) is 7.60. The molecule has 0 fully saturated rings. The minimum absolute atomic E-state index is 0.0598. The molecule has 0 atom stereocenters. The Morgan fingerprint density at radius 1 is 1.09 bits per heavy atom. The quantitative estimate of drug-likeness (QED) is 0.584. The number of nitrogens with zero attached hydrogens (tertiary/aromatic N) is 2. The Balaban J connectivity index is 1.80. The lowest BCUT2D eigenvalue weighted by atomic mass is 10.1. The molecule has 3 aromatic rings. The van der Waals surface area contributed by atoms with Gasteiger partial charge in [0.15, 0.2) is 0 Å². The van der Waals surface area contributed by atoms with E-state index in [0.717, 1.165) is 32.6 Å². The summed E-state index contributed by atoms with van der Waals surface area (Å²) in [6.45, 7) is 1.85. The molecule has 0 saturated heterocycles. The molecule has 166 valence electrons. The van der Waals surface area contributed by atoms with Crippen LogP contribution in [0.15, 0.2) is 71.6 Å². The number of methoxy groups -OCH3 is 1. The summed E-state index contributed by atoms with van der Waals surface area (Å²) in [6, 6.07) is 19.4. The van der Waals surface area contributed by atoms with Gasteiger partial charge in [0.2, 0.25) is 0 Å². The molecule has 0 amide bonds. The Morgan fingerprint density at radius 3 is 2.50 bits per heavy atom. The van der Waals surface area contributed by atoms with E-state index in [0.29, 0.717) is 18.7 Å². The van der Waals surface area contributed by atoms with Gasteiger partial charge in [-0.25, -0.2) is 8.42 Å². The summed E-state index contributed by atoms with van der Waals surface area (Å²) in [5.74, 6) is -0.498. The molecule has 0 aromatic heterocycles. The fraction of sp³-hybridized carbons (Fsp3) is 0.208. The van der Waals surface area contributed by atoms with Crippen LogP contribution in [0.4, 0.5) is 17.1 Å². The van der Waals surface area contributed by atoms with Gasteiger partial charge in [-0.2, -0.15) is 0 Å². The molecule has 0 spiro atoms. The number of benzene rings is 3. The summed E-state index contributed by atoms with van der Waals surface area (Å²) in [4.78, 5) is 13.8. The maximum atomic E-state index is 13.4. The van der Waals surface area contributed by atoms with Crippen LogP contribution in [0.1, 0.15) is 11.1 Å². The van der Waals surface area contributed by atoms with Crippen molar-refractivity contribution in [1.82, 2.24) is 0 Å². The van der Waals surface area contributed by atoms with E-state index in [1.807, 2.05) is 37.3 Å². The van der Waals surface area contributed by atoms with E-state index in [9.17, 15) is 18.3 Å². The molecule has 0 saturated carbocycles. The van der Waals surface area contributed by atoms with Crippen molar-refractivity contribution >= 4 is 33.1 Å². The lowest BCUT2D eigenvalue weighted by Crippen LogP contribution is -2.36. The zero-order valence-corrected chi connectivity index (χ0v) is 18.7. The number of carboxylic acid groups (broad SMARTS) is 1. The van der Waals surface area contributed by atoms with Crippen LogP contribution in [0, 0.1) is 6.92 Å². The molecule has 0 radical (unpaired) electrons. The highest BCUT2D eigenvalue weighted by molar-refractivity contribution is 7.92. The van der Waals surface area contributed by atoms with Gasteiger partial charge in [-0.3, -0.25) is 9.10 Å². The topological polar surface area (TPSA) is 87.2 Å². The number of aliphatic carboxylic acids is 1. The summed E-state index contributed by atoms with van der Waals surface area (Å²) in [6.07, 6.45) is 0.586. The molecule has 32 heavy (non-hydrogen) atoms. The second-order valence-corrected chi connectivity index (χ2v) is 9.46. The Kier molecular flexibility index (Phi) is 5.80. The summed E-state index contributed by atoms with van der Waals surface area (Å²) in [5.41, 5.74) is 3.88. The van der Waals surface area contributed by atoms with Crippen molar-refractivity contribution < 1.29 is 23.1 Å². The largest absolute Gasteiger partial charge is 0.497 e. The van der Waals surface area contributed by atoms with Crippen LogP contribution in [0.3, 0.4) is 0 Å². The lowest BCUT2D eigenvalue weighted by molar-refractivity contribution is -0.135. The molecular formula is C24H24N2O5S. The Labute approximate surface area is 187 Å². The first-order valence-corrected chi connectivity index (χ1v) is 11.6. The van der Waals surface area contributed by atoms with Crippen LogP contribution in [-0.4, -0.2) is 39.7 Å². The van der Waals surface area contributed by atoms with Crippen molar-refractivity contribution in [3.8, 4) is 5.75 Å². The third kappa shape index (κ3) is 4.01. The van der Waals surface area contributed by atoms with Crippen LogP contribution < -0.4 is 13.9 Å². The van der Waals surface area contributed by atoms with Crippen LogP contribution in [-0.2, 0) is 21.2 Å². The maximum Gasteiger partial charge on any atom is 0.324 e. The third-order valence-electron chi connectivity index (χ3n) is 5.52. The van der Waals surface area contributed by atoms with Crippen LogP contribution in [0.25, 0.3) is 0 Å². The smallest absolute Gasteiger partial charge is 0.324 e. The van der Waals surface area contributed by atoms with Crippen molar-refractivity contribution in [3.05, 3.63) is 77.9 Å². The number of hydrogen-bond donors (Lipinski definition) is 1. The van der Waals surface area contributed by atoms with Crippen molar-refractivity contribution in [3.63, 3.8) is 0 Å². The number of hydrogen-bond acceptors (Lipinski definition) is 5. The average molecular weight is 453 g/mol. The molecule has 3 aromatic carbocycles. The average Bonchev–Trinajstić information content (AvgIpc) is 3.22. The maximum absolute atomic E-state index is 13.4. The number of ether oxygens (including phenoxy) is 1. The number of sulfonamides is 1. The third-order valence-corrected chi connectivity index (χ3v) is 7.30. The molecule has 1 N–H and O–H groups in total. The first-order chi connectivity index (χ1) is 15.3. The van der Waals surface area contributed by atoms with Crippen molar-refractivity contribution in [1.29, 1.82) is 0 Å². The highest BCUT2D eigenvalue weighted by atomic mass is 32.2. The number of fused-ring (bicyclic) bond motifs is 1. The minimum atomic E-state index is -4.07. The molecule has 0 bridgehead atoms. The lowest BCUT2D eigenvalue weighted by Gasteiger charge is -2.26. The minimum Gasteiger partial charge on any atom is -0.497 e.